The first-order valence-electron chi connectivity index (χ1n) is 6.75. The van der Waals surface area contributed by atoms with E-state index in [1.807, 2.05) is 44.4 Å². The van der Waals surface area contributed by atoms with E-state index in [0.717, 1.165) is 22.8 Å². The molecule has 0 amide bonds. The van der Waals surface area contributed by atoms with Crippen molar-refractivity contribution in [3.05, 3.63) is 47.9 Å². The fourth-order valence-electron chi connectivity index (χ4n) is 2.03. The fourth-order valence-corrected chi connectivity index (χ4v) is 2.03. The molecule has 1 aromatic carbocycles. The minimum Gasteiger partial charge on any atom is -0.421 e. The molecule has 0 spiro atoms. The van der Waals surface area contributed by atoms with E-state index >= 15 is 0 Å². The van der Waals surface area contributed by atoms with E-state index in [9.17, 15) is 0 Å². The molecule has 0 fully saturated rings. The maximum absolute atomic E-state index is 5.40. The van der Waals surface area contributed by atoms with Crippen LogP contribution in [0.3, 0.4) is 0 Å². The van der Waals surface area contributed by atoms with Gasteiger partial charge in [-0.25, -0.2) is 4.98 Å². The van der Waals surface area contributed by atoms with Crippen LogP contribution in [-0.4, -0.2) is 19.7 Å². The summed E-state index contributed by atoms with van der Waals surface area (Å²) in [7, 11) is 2.01. The highest BCUT2D eigenvalue weighted by Crippen LogP contribution is 2.20. The zero-order chi connectivity index (χ0) is 14.8. The molecule has 0 aliphatic heterocycles. The number of imidazole rings is 1. The van der Waals surface area contributed by atoms with Gasteiger partial charge in [-0.2, -0.15) is 0 Å². The molecule has 21 heavy (non-hydrogen) atoms. The third-order valence-electron chi connectivity index (χ3n) is 3.43. The van der Waals surface area contributed by atoms with Gasteiger partial charge in [0, 0.05) is 37.1 Å². The van der Waals surface area contributed by atoms with E-state index in [2.05, 4.69) is 25.1 Å². The molecule has 0 aliphatic rings. The lowest BCUT2D eigenvalue weighted by Crippen LogP contribution is -2.06. The summed E-state index contributed by atoms with van der Waals surface area (Å²) in [6.07, 6.45) is 1.87. The third-order valence-corrected chi connectivity index (χ3v) is 3.43. The average Bonchev–Trinajstić information content (AvgIpc) is 3.06. The molecule has 1 N–H and O–H groups in total. The summed E-state index contributed by atoms with van der Waals surface area (Å²) >= 11 is 0. The summed E-state index contributed by atoms with van der Waals surface area (Å²) in [5.74, 6) is 2.11. The molecule has 2 heterocycles. The van der Waals surface area contributed by atoms with Crippen molar-refractivity contribution >= 4 is 5.69 Å². The van der Waals surface area contributed by atoms with Gasteiger partial charge in [-0.1, -0.05) is 0 Å². The minimum atomic E-state index is 0.541. The second kappa shape index (κ2) is 5.40. The van der Waals surface area contributed by atoms with Gasteiger partial charge in [0.15, 0.2) is 0 Å². The lowest BCUT2D eigenvalue weighted by molar-refractivity contribution is 0.533. The summed E-state index contributed by atoms with van der Waals surface area (Å²) in [4.78, 5) is 4.37. The predicted molar refractivity (Wildman–Crippen MR) is 79.7 cm³/mol. The van der Waals surface area contributed by atoms with Gasteiger partial charge in [0.2, 0.25) is 11.8 Å². The van der Waals surface area contributed by atoms with Crippen LogP contribution in [0, 0.1) is 13.8 Å². The van der Waals surface area contributed by atoms with Gasteiger partial charge in [-0.3, -0.25) is 0 Å². The largest absolute Gasteiger partial charge is 0.421 e. The van der Waals surface area contributed by atoms with E-state index in [-0.39, 0.29) is 0 Å². The highest BCUT2D eigenvalue weighted by Gasteiger charge is 2.06. The topological polar surface area (TPSA) is 68.8 Å². The van der Waals surface area contributed by atoms with Crippen molar-refractivity contribution in [1.82, 2.24) is 19.7 Å². The molecule has 108 valence electrons. The Bertz CT molecular complexity index is 742. The zero-order valence-electron chi connectivity index (χ0n) is 12.3. The quantitative estimate of drug-likeness (QED) is 0.797. The van der Waals surface area contributed by atoms with Gasteiger partial charge in [0.1, 0.15) is 5.82 Å². The number of aryl methyl sites for hydroxylation is 2. The monoisotopic (exact) mass is 283 g/mol. The van der Waals surface area contributed by atoms with Crippen molar-refractivity contribution in [3.8, 4) is 11.5 Å². The van der Waals surface area contributed by atoms with Crippen LogP contribution in [0.1, 0.15) is 17.4 Å². The Hall–Kier alpha value is -2.63. The normalized spacial score (nSPS) is 10.8. The van der Waals surface area contributed by atoms with Crippen LogP contribution in [0.25, 0.3) is 11.5 Å². The average molecular weight is 283 g/mol. The smallest absolute Gasteiger partial charge is 0.247 e. The number of nitrogens with zero attached hydrogens (tertiary/aromatic N) is 4. The molecule has 6 heteroatoms. The molecule has 0 aliphatic carbocycles. The van der Waals surface area contributed by atoms with E-state index in [1.165, 1.54) is 0 Å². The molecule has 0 saturated carbocycles. The van der Waals surface area contributed by atoms with Crippen LogP contribution >= 0.6 is 0 Å². The molecule has 0 saturated heterocycles. The predicted octanol–water partition coefficient (Wildman–Crippen LogP) is 2.70. The van der Waals surface area contributed by atoms with Crippen LogP contribution < -0.4 is 5.32 Å². The van der Waals surface area contributed by atoms with Crippen LogP contribution in [0.4, 0.5) is 5.69 Å². The van der Waals surface area contributed by atoms with E-state index in [4.69, 9.17) is 4.42 Å². The highest BCUT2D eigenvalue weighted by atomic mass is 16.4. The Morgan fingerprint density at radius 2 is 1.90 bits per heavy atom. The third kappa shape index (κ3) is 2.79. The summed E-state index contributed by atoms with van der Waals surface area (Å²) in [6, 6.07) is 7.90. The minimum absolute atomic E-state index is 0.541. The summed E-state index contributed by atoms with van der Waals surface area (Å²) < 4.78 is 7.47. The van der Waals surface area contributed by atoms with E-state index in [1.54, 1.807) is 6.92 Å². The Kier molecular flexibility index (Phi) is 3.43. The zero-order valence-corrected chi connectivity index (χ0v) is 12.3. The molecule has 6 nitrogen and oxygen atoms in total. The van der Waals surface area contributed by atoms with Gasteiger partial charge < -0.3 is 14.3 Å². The number of nitrogens with one attached hydrogen (secondary N) is 1. The van der Waals surface area contributed by atoms with Crippen molar-refractivity contribution in [3.63, 3.8) is 0 Å². The first kappa shape index (κ1) is 13.4. The van der Waals surface area contributed by atoms with Crippen molar-refractivity contribution in [2.45, 2.75) is 20.4 Å². The molecule has 3 rings (SSSR count). The Labute approximate surface area is 122 Å². The lowest BCUT2D eigenvalue weighted by Gasteiger charge is -2.07. The fraction of sp³-hybridized carbons (Fsp3) is 0.267. The number of anilines is 1. The number of hydrogen-bond donors (Lipinski definition) is 1. The van der Waals surface area contributed by atoms with Gasteiger partial charge in [0.05, 0.1) is 6.54 Å². The van der Waals surface area contributed by atoms with Gasteiger partial charge in [0.25, 0.3) is 0 Å². The van der Waals surface area contributed by atoms with Crippen molar-refractivity contribution in [2.24, 2.45) is 7.05 Å². The van der Waals surface area contributed by atoms with Crippen LogP contribution in [0.5, 0.6) is 0 Å². The summed E-state index contributed by atoms with van der Waals surface area (Å²) in [6.45, 7) is 4.50. The second-order valence-corrected chi connectivity index (χ2v) is 4.93. The first-order valence-corrected chi connectivity index (χ1v) is 6.75. The second-order valence-electron chi connectivity index (χ2n) is 4.93. The summed E-state index contributed by atoms with van der Waals surface area (Å²) in [5.41, 5.74) is 3.08. The van der Waals surface area contributed by atoms with Crippen molar-refractivity contribution in [1.29, 1.82) is 0 Å². The van der Waals surface area contributed by atoms with Crippen LogP contribution in [-0.2, 0) is 13.6 Å². The van der Waals surface area contributed by atoms with E-state index < -0.39 is 0 Å². The van der Waals surface area contributed by atoms with Crippen molar-refractivity contribution < 1.29 is 4.42 Å². The standard InChI is InChI=1S/C15H17N5O/c1-10-8-17-14(20(10)3)9-16-13-6-4-12(5-7-13)15-19-18-11(2)21-15/h4-8,16H,9H2,1-3H3. The van der Waals surface area contributed by atoms with Crippen LogP contribution in [0.15, 0.2) is 34.9 Å². The number of benzene rings is 1. The molecule has 3 aromatic rings. The van der Waals surface area contributed by atoms with Gasteiger partial charge in [-0.05, 0) is 31.2 Å². The van der Waals surface area contributed by atoms with Crippen molar-refractivity contribution in [2.75, 3.05) is 5.32 Å². The van der Waals surface area contributed by atoms with Gasteiger partial charge in [-0.15, -0.1) is 10.2 Å². The Morgan fingerprint density at radius 3 is 2.48 bits per heavy atom. The summed E-state index contributed by atoms with van der Waals surface area (Å²) in [5, 5.41) is 11.2. The first-order chi connectivity index (χ1) is 10.1. The van der Waals surface area contributed by atoms with Crippen LogP contribution in [0.2, 0.25) is 0 Å². The molecule has 0 radical (unpaired) electrons. The lowest BCUT2D eigenvalue weighted by atomic mass is 10.2. The molecule has 0 atom stereocenters. The highest BCUT2D eigenvalue weighted by molar-refractivity contribution is 5.58. The Morgan fingerprint density at radius 1 is 1.14 bits per heavy atom. The maximum Gasteiger partial charge on any atom is 0.247 e. The SMILES string of the molecule is Cc1nnc(-c2ccc(NCc3ncc(C)n3C)cc2)o1. The molecular weight excluding hydrogens is 266 g/mol. The molecule has 0 bridgehead atoms. The number of hydrogen-bond acceptors (Lipinski definition) is 5. The Balaban J connectivity index is 1.68. The van der Waals surface area contributed by atoms with Gasteiger partial charge >= 0.3 is 0 Å². The molecule has 0 unspecified atom stereocenters. The van der Waals surface area contributed by atoms with E-state index in [0.29, 0.717) is 18.3 Å². The molecule has 2 aromatic heterocycles. The maximum atomic E-state index is 5.40. The molecular formula is C15H17N5O. The number of aromatic nitrogens is 4. The number of rotatable bonds is 4.